The minimum Gasteiger partial charge on any atom is -0.381 e. The van der Waals surface area contributed by atoms with Crippen LogP contribution in [0.4, 0.5) is 0 Å². The molecule has 1 spiro atoms. The van der Waals surface area contributed by atoms with Crippen molar-refractivity contribution in [3.8, 4) is 0 Å². The average Bonchev–Trinajstić information content (AvgIpc) is 2.99. The van der Waals surface area contributed by atoms with Gasteiger partial charge in [0.05, 0.1) is 0 Å². The largest absolute Gasteiger partial charge is 0.381 e. The number of piperidine rings is 1. The fraction of sp³-hybridized carbons (Fsp3) is 0.650. The fourth-order valence-electron chi connectivity index (χ4n) is 4.67. The summed E-state index contributed by atoms with van der Waals surface area (Å²) in [6.07, 6.45) is 8.54. The molecule has 0 aliphatic carbocycles. The number of hydrogen-bond acceptors (Lipinski definition) is 4. The summed E-state index contributed by atoms with van der Waals surface area (Å²) >= 11 is 0. The SMILES string of the molecule is O=C(C1CCOCC1)N1CCC2(CCC(=O)N2Cc2ccncc2)CC1. The smallest absolute Gasteiger partial charge is 0.225 e. The van der Waals surface area contributed by atoms with E-state index >= 15 is 0 Å². The van der Waals surface area contributed by atoms with E-state index in [-0.39, 0.29) is 23.3 Å². The lowest BCUT2D eigenvalue weighted by atomic mass is 9.84. The van der Waals surface area contributed by atoms with E-state index in [0.717, 1.165) is 50.8 Å². The highest BCUT2D eigenvalue weighted by molar-refractivity contribution is 5.81. The first kappa shape index (κ1) is 17.5. The monoisotopic (exact) mass is 357 g/mol. The van der Waals surface area contributed by atoms with E-state index in [4.69, 9.17) is 4.74 Å². The predicted molar refractivity (Wildman–Crippen MR) is 96.1 cm³/mol. The maximum Gasteiger partial charge on any atom is 0.225 e. The molecule has 140 valence electrons. The summed E-state index contributed by atoms with van der Waals surface area (Å²) in [6.45, 7) is 3.56. The summed E-state index contributed by atoms with van der Waals surface area (Å²) in [7, 11) is 0. The molecule has 0 radical (unpaired) electrons. The van der Waals surface area contributed by atoms with Gasteiger partial charge in [0, 0.05) is 63.1 Å². The van der Waals surface area contributed by atoms with Gasteiger partial charge in [0.25, 0.3) is 0 Å². The molecule has 0 unspecified atom stereocenters. The molecule has 0 saturated carbocycles. The van der Waals surface area contributed by atoms with Gasteiger partial charge in [-0.3, -0.25) is 14.6 Å². The number of carbonyl (C=O) groups is 2. The van der Waals surface area contributed by atoms with Crippen molar-refractivity contribution >= 4 is 11.8 Å². The molecule has 4 rings (SSSR count). The number of aromatic nitrogens is 1. The van der Waals surface area contributed by atoms with Gasteiger partial charge in [0.2, 0.25) is 11.8 Å². The van der Waals surface area contributed by atoms with Crippen molar-refractivity contribution in [2.75, 3.05) is 26.3 Å². The first-order chi connectivity index (χ1) is 12.7. The van der Waals surface area contributed by atoms with E-state index in [1.54, 1.807) is 12.4 Å². The molecular formula is C20H27N3O3. The van der Waals surface area contributed by atoms with Gasteiger partial charge in [-0.1, -0.05) is 0 Å². The van der Waals surface area contributed by atoms with Crippen molar-refractivity contribution in [2.24, 2.45) is 5.92 Å². The zero-order valence-electron chi connectivity index (χ0n) is 15.2. The second-order valence-electron chi connectivity index (χ2n) is 7.77. The normalized spacial score (nSPS) is 23.6. The number of nitrogens with zero attached hydrogens (tertiary/aromatic N) is 3. The number of rotatable bonds is 3. The van der Waals surface area contributed by atoms with Crippen molar-refractivity contribution in [3.05, 3.63) is 30.1 Å². The molecule has 1 aromatic heterocycles. The highest BCUT2D eigenvalue weighted by Crippen LogP contribution is 2.40. The Hall–Kier alpha value is -1.95. The van der Waals surface area contributed by atoms with Crippen LogP contribution in [0.3, 0.4) is 0 Å². The zero-order valence-corrected chi connectivity index (χ0v) is 15.2. The van der Waals surface area contributed by atoms with E-state index in [1.807, 2.05) is 17.0 Å². The Bertz CT molecular complexity index is 650. The Balaban J connectivity index is 1.41. The Morgan fingerprint density at radius 2 is 1.85 bits per heavy atom. The zero-order chi connectivity index (χ0) is 18.0. The summed E-state index contributed by atoms with van der Waals surface area (Å²) in [6, 6.07) is 3.95. The summed E-state index contributed by atoms with van der Waals surface area (Å²) in [5, 5.41) is 0. The Morgan fingerprint density at radius 3 is 2.54 bits per heavy atom. The lowest BCUT2D eigenvalue weighted by molar-refractivity contribution is -0.142. The van der Waals surface area contributed by atoms with Crippen molar-refractivity contribution in [1.82, 2.24) is 14.8 Å². The highest BCUT2D eigenvalue weighted by Gasteiger charge is 2.47. The number of ether oxygens (including phenoxy) is 1. The molecule has 0 N–H and O–H groups in total. The fourth-order valence-corrected chi connectivity index (χ4v) is 4.67. The van der Waals surface area contributed by atoms with Gasteiger partial charge in [-0.05, 0) is 49.8 Å². The van der Waals surface area contributed by atoms with Crippen LogP contribution in [0.15, 0.2) is 24.5 Å². The van der Waals surface area contributed by atoms with Crippen LogP contribution >= 0.6 is 0 Å². The molecule has 0 aromatic carbocycles. The van der Waals surface area contributed by atoms with Gasteiger partial charge in [-0.15, -0.1) is 0 Å². The molecule has 2 amide bonds. The van der Waals surface area contributed by atoms with Gasteiger partial charge in [-0.2, -0.15) is 0 Å². The molecule has 0 bridgehead atoms. The van der Waals surface area contributed by atoms with Gasteiger partial charge in [0.1, 0.15) is 0 Å². The van der Waals surface area contributed by atoms with E-state index in [1.165, 1.54) is 0 Å². The first-order valence-electron chi connectivity index (χ1n) is 9.74. The number of carbonyl (C=O) groups excluding carboxylic acids is 2. The van der Waals surface area contributed by atoms with Crippen molar-refractivity contribution < 1.29 is 14.3 Å². The van der Waals surface area contributed by atoms with Crippen LogP contribution in [-0.2, 0) is 20.9 Å². The molecule has 3 fully saturated rings. The number of hydrogen-bond donors (Lipinski definition) is 0. The molecule has 3 aliphatic rings. The lowest BCUT2D eigenvalue weighted by Crippen LogP contribution is -2.54. The van der Waals surface area contributed by atoms with Crippen molar-refractivity contribution in [2.45, 2.75) is 50.6 Å². The number of pyridine rings is 1. The van der Waals surface area contributed by atoms with Gasteiger partial charge >= 0.3 is 0 Å². The lowest BCUT2D eigenvalue weighted by Gasteiger charge is -2.45. The van der Waals surface area contributed by atoms with Crippen molar-refractivity contribution in [3.63, 3.8) is 0 Å². The van der Waals surface area contributed by atoms with Crippen LogP contribution < -0.4 is 0 Å². The van der Waals surface area contributed by atoms with Crippen molar-refractivity contribution in [1.29, 1.82) is 0 Å². The molecule has 6 heteroatoms. The summed E-state index contributed by atoms with van der Waals surface area (Å²) in [5.41, 5.74) is 1.04. The molecular weight excluding hydrogens is 330 g/mol. The van der Waals surface area contributed by atoms with E-state index < -0.39 is 0 Å². The van der Waals surface area contributed by atoms with Crippen LogP contribution in [0.5, 0.6) is 0 Å². The summed E-state index contributed by atoms with van der Waals surface area (Å²) in [5.74, 6) is 0.648. The van der Waals surface area contributed by atoms with Crippen LogP contribution in [0.2, 0.25) is 0 Å². The molecule has 3 saturated heterocycles. The third-order valence-electron chi connectivity index (χ3n) is 6.34. The number of amides is 2. The Morgan fingerprint density at radius 1 is 1.15 bits per heavy atom. The predicted octanol–water partition coefficient (Wildman–Crippen LogP) is 1.99. The van der Waals surface area contributed by atoms with Crippen LogP contribution in [0.1, 0.15) is 44.1 Å². The molecule has 3 aliphatic heterocycles. The average molecular weight is 357 g/mol. The quantitative estimate of drug-likeness (QED) is 0.830. The van der Waals surface area contributed by atoms with Crippen LogP contribution in [0, 0.1) is 5.92 Å². The van der Waals surface area contributed by atoms with E-state index in [0.29, 0.717) is 26.2 Å². The minimum absolute atomic E-state index is 0.0766. The molecule has 6 nitrogen and oxygen atoms in total. The third kappa shape index (κ3) is 3.34. The second-order valence-corrected chi connectivity index (χ2v) is 7.77. The highest BCUT2D eigenvalue weighted by atomic mass is 16.5. The summed E-state index contributed by atoms with van der Waals surface area (Å²) in [4.78, 5) is 33.5. The molecule has 1 aromatic rings. The number of likely N-dealkylation sites (tertiary alicyclic amines) is 2. The van der Waals surface area contributed by atoms with E-state index in [2.05, 4.69) is 9.88 Å². The Kier molecular flexibility index (Phi) is 4.94. The van der Waals surface area contributed by atoms with Crippen LogP contribution in [0.25, 0.3) is 0 Å². The first-order valence-corrected chi connectivity index (χ1v) is 9.74. The third-order valence-corrected chi connectivity index (χ3v) is 6.34. The van der Waals surface area contributed by atoms with Crippen LogP contribution in [-0.4, -0.2) is 58.4 Å². The second kappa shape index (κ2) is 7.35. The van der Waals surface area contributed by atoms with Gasteiger partial charge < -0.3 is 14.5 Å². The topological polar surface area (TPSA) is 62.7 Å². The maximum atomic E-state index is 12.8. The molecule has 4 heterocycles. The maximum absolute atomic E-state index is 12.8. The van der Waals surface area contributed by atoms with Gasteiger partial charge in [0.15, 0.2) is 0 Å². The molecule has 26 heavy (non-hydrogen) atoms. The minimum atomic E-state index is -0.0766. The Labute approximate surface area is 154 Å². The summed E-state index contributed by atoms with van der Waals surface area (Å²) < 4.78 is 5.38. The standard InChI is InChI=1S/C20H27N3O3/c24-18-1-6-20(23(18)15-16-2-9-21-10-3-16)7-11-22(12-8-20)19(25)17-4-13-26-14-5-17/h2-3,9-10,17H,1,4-8,11-15H2. The van der Waals surface area contributed by atoms with E-state index in [9.17, 15) is 9.59 Å². The van der Waals surface area contributed by atoms with Gasteiger partial charge in [-0.25, -0.2) is 0 Å². The molecule has 0 atom stereocenters.